The van der Waals surface area contributed by atoms with Crippen LogP contribution in [0.25, 0.3) is 0 Å². The first-order valence-electron chi connectivity index (χ1n) is 10.1. The SMILES string of the molecule is CCNC(=NCC1CCCN(C(C)C)C1)NCCC(O)c1ccccc1. The minimum absolute atomic E-state index is 0.440. The molecule has 5 heteroatoms. The Morgan fingerprint density at radius 2 is 2.04 bits per heavy atom. The van der Waals surface area contributed by atoms with Crippen LogP contribution in [0, 0.1) is 5.92 Å². The molecule has 0 amide bonds. The van der Waals surface area contributed by atoms with Crippen LogP contribution in [0.5, 0.6) is 0 Å². The second kappa shape index (κ2) is 11.2. The molecule has 2 atom stereocenters. The van der Waals surface area contributed by atoms with Crippen LogP contribution in [0.3, 0.4) is 0 Å². The molecular weight excluding hydrogens is 324 g/mol. The number of hydrogen-bond acceptors (Lipinski definition) is 3. The molecule has 0 radical (unpaired) electrons. The van der Waals surface area contributed by atoms with Gasteiger partial charge in [0.1, 0.15) is 0 Å². The molecule has 1 aliphatic heterocycles. The average Bonchev–Trinajstić information content (AvgIpc) is 2.67. The van der Waals surface area contributed by atoms with E-state index in [1.54, 1.807) is 0 Å². The Bertz CT molecular complexity index is 532. The van der Waals surface area contributed by atoms with Crippen molar-refractivity contribution in [3.05, 3.63) is 35.9 Å². The van der Waals surface area contributed by atoms with E-state index >= 15 is 0 Å². The summed E-state index contributed by atoms with van der Waals surface area (Å²) < 4.78 is 0. The Morgan fingerprint density at radius 3 is 2.73 bits per heavy atom. The van der Waals surface area contributed by atoms with E-state index < -0.39 is 6.10 Å². The van der Waals surface area contributed by atoms with E-state index in [9.17, 15) is 5.11 Å². The highest BCUT2D eigenvalue weighted by atomic mass is 16.3. The van der Waals surface area contributed by atoms with Crippen molar-refractivity contribution >= 4 is 5.96 Å². The van der Waals surface area contributed by atoms with E-state index in [2.05, 4.69) is 36.3 Å². The highest BCUT2D eigenvalue weighted by Crippen LogP contribution is 2.18. The Labute approximate surface area is 158 Å². The molecule has 146 valence electrons. The molecule has 1 fully saturated rings. The van der Waals surface area contributed by atoms with Crippen LogP contribution >= 0.6 is 0 Å². The third-order valence-corrected chi connectivity index (χ3v) is 5.03. The lowest BCUT2D eigenvalue weighted by Gasteiger charge is -2.34. The van der Waals surface area contributed by atoms with Crippen LogP contribution in [-0.2, 0) is 0 Å². The lowest BCUT2D eigenvalue weighted by molar-refractivity contribution is 0.143. The second-order valence-corrected chi connectivity index (χ2v) is 7.46. The standard InChI is InChI=1S/C21H36N4O/c1-4-22-21(23-13-12-20(26)19-10-6-5-7-11-19)24-15-18-9-8-14-25(16-18)17(2)3/h5-7,10-11,17-18,20,26H,4,8-9,12-16H2,1-3H3,(H2,22,23,24). The number of aliphatic hydroxyl groups excluding tert-OH is 1. The van der Waals surface area contributed by atoms with Crippen LogP contribution in [0.15, 0.2) is 35.3 Å². The van der Waals surface area contributed by atoms with Crippen LogP contribution < -0.4 is 10.6 Å². The second-order valence-electron chi connectivity index (χ2n) is 7.46. The minimum Gasteiger partial charge on any atom is -0.388 e. The van der Waals surface area contributed by atoms with Gasteiger partial charge in [0.2, 0.25) is 0 Å². The summed E-state index contributed by atoms with van der Waals surface area (Å²) >= 11 is 0. The molecule has 0 saturated carbocycles. The monoisotopic (exact) mass is 360 g/mol. The van der Waals surface area contributed by atoms with Gasteiger partial charge < -0.3 is 20.6 Å². The molecule has 2 rings (SSSR count). The van der Waals surface area contributed by atoms with Gasteiger partial charge in [-0.3, -0.25) is 4.99 Å². The van der Waals surface area contributed by atoms with Gasteiger partial charge in [-0.2, -0.15) is 0 Å². The Balaban J connectivity index is 1.79. The maximum atomic E-state index is 10.3. The number of benzene rings is 1. The smallest absolute Gasteiger partial charge is 0.191 e. The molecule has 0 aliphatic carbocycles. The predicted octanol–water partition coefficient (Wildman–Crippen LogP) is 2.79. The zero-order valence-corrected chi connectivity index (χ0v) is 16.6. The number of aliphatic imine (C=N–C) groups is 1. The van der Waals surface area contributed by atoms with E-state index in [0.717, 1.165) is 31.2 Å². The van der Waals surface area contributed by atoms with Gasteiger partial charge in [0.05, 0.1) is 6.10 Å². The molecule has 0 spiro atoms. The van der Waals surface area contributed by atoms with E-state index in [0.29, 0.717) is 24.9 Å². The molecule has 26 heavy (non-hydrogen) atoms. The number of likely N-dealkylation sites (tertiary alicyclic amines) is 1. The van der Waals surface area contributed by atoms with Gasteiger partial charge in [0.15, 0.2) is 5.96 Å². The van der Waals surface area contributed by atoms with E-state index in [-0.39, 0.29) is 0 Å². The predicted molar refractivity (Wildman–Crippen MR) is 109 cm³/mol. The number of rotatable bonds is 8. The highest BCUT2D eigenvalue weighted by Gasteiger charge is 2.21. The number of piperidine rings is 1. The van der Waals surface area contributed by atoms with E-state index in [4.69, 9.17) is 4.99 Å². The van der Waals surface area contributed by atoms with Crippen molar-refractivity contribution in [2.75, 3.05) is 32.7 Å². The summed E-state index contributed by atoms with van der Waals surface area (Å²) in [5.74, 6) is 1.49. The summed E-state index contributed by atoms with van der Waals surface area (Å²) in [6, 6.07) is 10.4. The molecular formula is C21H36N4O. The number of guanidine groups is 1. The Morgan fingerprint density at radius 1 is 1.27 bits per heavy atom. The highest BCUT2D eigenvalue weighted by molar-refractivity contribution is 5.79. The lowest BCUT2D eigenvalue weighted by atomic mass is 9.97. The topological polar surface area (TPSA) is 59.9 Å². The van der Waals surface area contributed by atoms with Crippen molar-refractivity contribution in [1.82, 2.24) is 15.5 Å². The largest absolute Gasteiger partial charge is 0.388 e. The van der Waals surface area contributed by atoms with Crippen molar-refractivity contribution in [3.8, 4) is 0 Å². The van der Waals surface area contributed by atoms with E-state index in [1.165, 1.54) is 19.4 Å². The van der Waals surface area contributed by atoms with Gasteiger partial charge >= 0.3 is 0 Å². The summed E-state index contributed by atoms with van der Waals surface area (Å²) in [4.78, 5) is 7.34. The maximum absolute atomic E-state index is 10.3. The summed E-state index contributed by atoms with van der Waals surface area (Å²) in [5.41, 5.74) is 0.965. The first-order chi connectivity index (χ1) is 12.6. The Kier molecular flexibility index (Phi) is 8.92. The van der Waals surface area contributed by atoms with Crippen LogP contribution in [0.1, 0.15) is 51.7 Å². The molecule has 1 aromatic carbocycles. The molecule has 1 saturated heterocycles. The fraction of sp³-hybridized carbons (Fsp3) is 0.667. The average molecular weight is 361 g/mol. The number of nitrogens with zero attached hydrogens (tertiary/aromatic N) is 2. The molecule has 5 nitrogen and oxygen atoms in total. The normalized spacial score (nSPS) is 20.2. The molecule has 3 N–H and O–H groups in total. The summed E-state index contributed by atoms with van der Waals surface area (Å²) in [5, 5.41) is 16.9. The van der Waals surface area contributed by atoms with Gasteiger partial charge in [-0.25, -0.2) is 0 Å². The zero-order chi connectivity index (χ0) is 18.8. The van der Waals surface area contributed by atoms with Crippen molar-refractivity contribution in [2.24, 2.45) is 10.9 Å². The first kappa shape index (κ1) is 20.7. The fourth-order valence-corrected chi connectivity index (χ4v) is 3.45. The zero-order valence-electron chi connectivity index (χ0n) is 16.6. The molecule has 0 aromatic heterocycles. The van der Waals surface area contributed by atoms with E-state index in [1.807, 2.05) is 30.3 Å². The Hall–Kier alpha value is -1.59. The van der Waals surface area contributed by atoms with Gasteiger partial charge in [-0.05, 0) is 58.1 Å². The van der Waals surface area contributed by atoms with Crippen molar-refractivity contribution in [1.29, 1.82) is 0 Å². The molecule has 1 heterocycles. The van der Waals surface area contributed by atoms with Crippen LogP contribution in [0.4, 0.5) is 0 Å². The number of hydrogen-bond donors (Lipinski definition) is 3. The minimum atomic E-state index is -0.440. The molecule has 1 aliphatic rings. The molecule has 0 bridgehead atoms. The molecule has 1 aromatic rings. The van der Waals surface area contributed by atoms with Crippen LogP contribution in [0.2, 0.25) is 0 Å². The third-order valence-electron chi connectivity index (χ3n) is 5.03. The van der Waals surface area contributed by atoms with Crippen LogP contribution in [-0.4, -0.2) is 54.7 Å². The summed E-state index contributed by atoms with van der Waals surface area (Å²) in [6.45, 7) is 11.4. The van der Waals surface area contributed by atoms with Crippen molar-refractivity contribution in [2.45, 2.75) is 52.2 Å². The summed E-state index contributed by atoms with van der Waals surface area (Å²) in [6.07, 6.45) is 2.76. The third kappa shape index (κ3) is 6.96. The van der Waals surface area contributed by atoms with Crippen molar-refractivity contribution in [3.63, 3.8) is 0 Å². The maximum Gasteiger partial charge on any atom is 0.191 e. The summed E-state index contributed by atoms with van der Waals surface area (Å²) in [7, 11) is 0. The number of aliphatic hydroxyl groups is 1. The molecule has 2 unspecified atom stereocenters. The van der Waals surface area contributed by atoms with Crippen molar-refractivity contribution < 1.29 is 5.11 Å². The fourth-order valence-electron chi connectivity index (χ4n) is 3.45. The van der Waals surface area contributed by atoms with Gasteiger partial charge in [-0.1, -0.05) is 30.3 Å². The van der Waals surface area contributed by atoms with Gasteiger partial charge in [0.25, 0.3) is 0 Å². The first-order valence-corrected chi connectivity index (χ1v) is 10.1. The van der Waals surface area contributed by atoms with Gasteiger partial charge in [0, 0.05) is 32.2 Å². The number of nitrogens with one attached hydrogen (secondary N) is 2. The quantitative estimate of drug-likeness (QED) is 0.493. The van der Waals surface area contributed by atoms with Gasteiger partial charge in [-0.15, -0.1) is 0 Å². The lowest BCUT2D eigenvalue weighted by Crippen LogP contribution is -2.42.